The van der Waals surface area contributed by atoms with Gasteiger partial charge in [0.2, 0.25) is 11.8 Å². The Morgan fingerprint density at radius 3 is 3.00 bits per heavy atom. The maximum atomic E-state index is 11.7. The van der Waals surface area contributed by atoms with E-state index in [4.69, 9.17) is 0 Å². The Bertz CT molecular complexity index is 417. The molecule has 2 heterocycles. The highest BCUT2D eigenvalue weighted by Gasteiger charge is 2.26. The summed E-state index contributed by atoms with van der Waals surface area (Å²) >= 11 is 1.30. The predicted molar refractivity (Wildman–Crippen MR) is 57.7 cm³/mol. The largest absolute Gasteiger partial charge is 0.312 e. The van der Waals surface area contributed by atoms with Crippen LogP contribution in [0.1, 0.15) is 12.8 Å². The molecule has 0 spiro atoms. The Balaban J connectivity index is 1.89. The van der Waals surface area contributed by atoms with Crippen LogP contribution in [0.25, 0.3) is 0 Å². The van der Waals surface area contributed by atoms with Crippen molar-refractivity contribution in [3.63, 3.8) is 0 Å². The Kier molecular flexibility index (Phi) is 3.23. The van der Waals surface area contributed by atoms with Crippen LogP contribution in [-0.2, 0) is 16.6 Å². The fraction of sp³-hybridized carbons (Fsp3) is 0.556. The summed E-state index contributed by atoms with van der Waals surface area (Å²) in [4.78, 5) is 24.3. The van der Waals surface area contributed by atoms with Gasteiger partial charge >= 0.3 is 0 Å². The van der Waals surface area contributed by atoms with Crippen molar-refractivity contribution in [2.45, 2.75) is 18.0 Å². The second kappa shape index (κ2) is 4.65. The highest BCUT2D eigenvalue weighted by molar-refractivity contribution is 7.99. The summed E-state index contributed by atoms with van der Waals surface area (Å²) < 4.78 is 1.74. The highest BCUT2D eigenvalue weighted by atomic mass is 32.2. The lowest BCUT2D eigenvalue weighted by atomic mass is 10.4. The van der Waals surface area contributed by atoms with Gasteiger partial charge in [-0.3, -0.25) is 14.5 Å². The van der Waals surface area contributed by atoms with Crippen LogP contribution >= 0.6 is 11.8 Å². The molecule has 0 saturated carbocycles. The molecule has 2 amide bonds. The number of likely N-dealkylation sites (tertiary alicyclic amines) is 1. The number of aryl methyl sites for hydroxylation is 1. The van der Waals surface area contributed by atoms with Crippen LogP contribution in [0, 0.1) is 0 Å². The average Bonchev–Trinajstić information content (AvgIpc) is 2.84. The molecule has 1 aliphatic heterocycles. The third-order valence-electron chi connectivity index (χ3n) is 2.37. The van der Waals surface area contributed by atoms with Crippen molar-refractivity contribution in [1.29, 1.82) is 0 Å². The minimum absolute atomic E-state index is 0.0661. The lowest BCUT2D eigenvalue weighted by Crippen LogP contribution is -2.33. The zero-order valence-electron chi connectivity index (χ0n) is 8.92. The van der Waals surface area contributed by atoms with Gasteiger partial charge in [0.05, 0.1) is 5.75 Å². The molecule has 0 atom stereocenters. The number of hydrogen-bond donors (Lipinski definition) is 0. The van der Waals surface area contributed by atoms with E-state index in [9.17, 15) is 9.59 Å². The Hall–Kier alpha value is -1.37. The Morgan fingerprint density at radius 2 is 2.44 bits per heavy atom. The molecule has 1 fully saturated rings. The number of thioether (sulfide) groups is 1. The molecule has 1 aromatic rings. The van der Waals surface area contributed by atoms with Crippen molar-refractivity contribution in [2.24, 2.45) is 7.05 Å². The first-order valence-corrected chi connectivity index (χ1v) is 5.97. The van der Waals surface area contributed by atoms with Gasteiger partial charge in [-0.25, -0.2) is 0 Å². The van der Waals surface area contributed by atoms with Gasteiger partial charge in [-0.1, -0.05) is 11.8 Å². The van der Waals surface area contributed by atoms with Crippen molar-refractivity contribution >= 4 is 23.6 Å². The molecule has 0 aromatic carbocycles. The number of carbonyl (C=O) groups excluding carboxylic acids is 2. The van der Waals surface area contributed by atoms with E-state index < -0.39 is 0 Å². The van der Waals surface area contributed by atoms with E-state index in [0.29, 0.717) is 18.1 Å². The molecular formula is C9H12N4O2S. The third-order valence-corrected chi connectivity index (χ3v) is 3.39. The summed E-state index contributed by atoms with van der Waals surface area (Å²) in [5, 5.41) is 8.25. The first-order valence-electron chi connectivity index (χ1n) is 4.98. The van der Waals surface area contributed by atoms with Gasteiger partial charge in [-0.2, -0.15) is 0 Å². The van der Waals surface area contributed by atoms with Crippen LogP contribution in [0.15, 0.2) is 11.5 Å². The molecule has 1 aliphatic rings. The molecule has 0 N–H and O–H groups in total. The summed E-state index contributed by atoms with van der Waals surface area (Å²) in [5.74, 6) is 0.0252. The zero-order valence-corrected chi connectivity index (χ0v) is 9.74. The van der Waals surface area contributed by atoms with Crippen LogP contribution < -0.4 is 0 Å². The highest BCUT2D eigenvalue weighted by Crippen LogP contribution is 2.16. The standard InChI is InChI=1S/C9H12N4O2S/c1-12-6-10-11-9(12)16-5-8(15)13-4-2-3-7(13)14/h6H,2-5H2,1H3. The Morgan fingerprint density at radius 1 is 1.62 bits per heavy atom. The van der Waals surface area contributed by atoms with Crippen molar-refractivity contribution in [3.05, 3.63) is 6.33 Å². The third kappa shape index (κ3) is 2.24. The first kappa shape index (κ1) is 11.1. The number of nitrogens with zero attached hydrogens (tertiary/aromatic N) is 4. The van der Waals surface area contributed by atoms with E-state index >= 15 is 0 Å². The maximum Gasteiger partial charge on any atom is 0.239 e. The van der Waals surface area contributed by atoms with Crippen molar-refractivity contribution in [2.75, 3.05) is 12.3 Å². The van der Waals surface area contributed by atoms with Crippen molar-refractivity contribution < 1.29 is 9.59 Å². The lowest BCUT2D eigenvalue weighted by molar-refractivity contribution is -0.140. The van der Waals surface area contributed by atoms with Gasteiger partial charge in [0.1, 0.15) is 6.33 Å². The van der Waals surface area contributed by atoms with Crippen LogP contribution in [0.5, 0.6) is 0 Å². The quantitative estimate of drug-likeness (QED) is 0.699. The molecule has 2 rings (SSSR count). The number of rotatable bonds is 3. The van der Waals surface area contributed by atoms with Gasteiger partial charge in [-0.05, 0) is 6.42 Å². The lowest BCUT2D eigenvalue weighted by Gasteiger charge is -2.12. The molecule has 6 nitrogen and oxygen atoms in total. The fourth-order valence-electron chi connectivity index (χ4n) is 1.52. The molecule has 1 saturated heterocycles. The van der Waals surface area contributed by atoms with E-state index in [0.717, 1.165) is 6.42 Å². The predicted octanol–water partition coefficient (Wildman–Crippen LogP) is 0.0562. The average molecular weight is 240 g/mol. The summed E-state index contributed by atoms with van der Waals surface area (Å²) in [6.07, 6.45) is 2.84. The number of amides is 2. The zero-order chi connectivity index (χ0) is 11.5. The van der Waals surface area contributed by atoms with Crippen LogP contribution in [0.3, 0.4) is 0 Å². The van der Waals surface area contributed by atoms with Crippen molar-refractivity contribution in [1.82, 2.24) is 19.7 Å². The smallest absolute Gasteiger partial charge is 0.239 e. The molecular weight excluding hydrogens is 228 g/mol. The molecule has 86 valence electrons. The van der Waals surface area contributed by atoms with Crippen LogP contribution in [0.2, 0.25) is 0 Å². The second-order valence-electron chi connectivity index (χ2n) is 3.56. The molecule has 0 aliphatic carbocycles. The maximum absolute atomic E-state index is 11.7. The topological polar surface area (TPSA) is 68.1 Å². The van der Waals surface area contributed by atoms with Crippen LogP contribution in [0.4, 0.5) is 0 Å². The fourth-order valence-corrected chi connectivity index (χ4v) is 2.28. The van der Waals surface area contributed by atoms with Gasteiger partial charge < -0.3 is 4.57 Å². The van der Waals surface area contributed by atoms with Gasteiger partial charge in [0.15, 0.2) is 5.16 Å². The number of hydrogen-bond acceptors (Lipinski definition) is 5. The number of carbonyl (C=O) groups is 2. The van der Waals surface area contributed by atoms with E-state index in [-0.39, 0.29) is 17.6 Å². The minimum Gasteiger partial charge on any atom is -0.312 e. The summed E-state index contributed by atoms with van der Waals surface area (Å²) in [6.45, 7) is 0.553. The first-order chi connectivity index (χ1) is 7.68. The SMILES string of the molecule is Cn1cnnc1SCC(=O)N1CCCC1=O. The van der Waals surface area contributed by atoms with Gasteiger partial charge in [0.25, 0.3) is 0 Å². The van der Waals surface area contributed by atoms with Crippen molar-refractivity contribution in [3.8, 4) is 0 Å². The van der Waals surface area contributed by atoms with Gasteiger partial charge in [-0.15, -0.1) is 10.2 Å². The number of aromatic nitrogens is 3. The molecule has 0 bridgehead atoms. The molecule has 0 unspecified atom stereocenters. The molecule has 0 radical (unpaired) electrons. The second-order valence-corrected chi connectivity index (χ2v) is 4.50. The molecule has 1 aromatic heterocycles. The van der Waals surface area contributed by atoms with Gasteiger partial charge in [0, 0.05) is 20.0 Å². The summed E-state index contributed by atoms with van der Waals surface area (Å²) in [7, 11) is 1.81. The molecule has 16 heavy (non-hydrogen) atoms. The minimum atomic E-state index is -0.143. The Labute approximate surface area is 97.0 Å². The summed E-state index contributed by atoms with van der Waals surface area (Å²) in [5.41, 5.74) is 0. The normalized spacial score (nSPS) is 15.8. The summed E-state index contributed by atoms with van der Waals surface area (Å²) in [6, 6.07) is 0. The number of imide groups is 1. The van der Waals surface area contributed by atoms with E-state index in [1.807, 2.05) is 7.05 Å². The van der Waals surface area contributed by atoms with E-state index in [1.54, 1.807) is 10.9 Å². The molecule has 7 heteroatoms. The van der Waals surface area contributed by atoms with Crippen LogP contribution in [-0.4, -0.2) is 43.8 Å². The van der Waals surface area contributed by atoms with E-state index in [1.165, 1.54) is 16.7 Å². The van der Waals surface area contributed by atoms with E-state index in [2.05, 4.69) is 10.2 Å². The monoisotopic (exact) mass is 240 g/mol.